The normalized spacial score (nSPS) is 14.2. The summed E-state index contributed by atoms with van der Waals surface area (Å²) in [5.74, 6) is 1.80. The number of nitrogens with one attached hydrogen (secondary N) is 1. The lowest BCUT2D eigenvalue weighted by atomic mass is 10.1. The summed E-state index contributed by atoms with van der Waals surface area (Å²) in [4.78, 5) is 0. The molecule has 1 aromatic heterocycles. The number of rotatable bonds is 3. The molecule has 3 rings (SSSR count). The lowest BCUT2D eigenvalue weighted by Crippen LogP contribution is -2.29. The van der Waals surface area contributed by atoms with E-state index in [1.54, 1.807) is 13.8 Å². The summed E-state index contributed by atoms with van der Waals surface area (Å²) in [6, 6.07) is 5.80. The van der Waals surface area contributed by atoms with Crippen molar-refractivity contribution in [3.8, 4) is 11.5 Å². The number of hydrogen-bond donors (Lipinski definition) is 2. The first-order valence-electron chi connectivity index (χ1n) is 6.32. The molecular weight excluding hydrogens is 260 g/mol. The van der Waals surface area contributed by atoms with Crippen molar-refractivity contribution in [1.29, 1.82) is 0 Å². The molecule has 7 nitrogen and oxygen atoms in total. The van der Waals surface area contributed by atoms with E-state index >= 15 is 0 Å². The van der Waals surface area contributed by atoms with E-state index < -0.39 is 5.54 Å². The van der Waals surface area contributed by atoms with Crippen molar-refractivity contribution in [2.45, 2.75) is 19.4 Å². The van der Waals surface area contributed by atoms with Crippen LogP contribution in [0.5, 0.6) is 11.5 Å². The second kappa shape index (κ2) is 4.68. The fourth-order valence-electron chi connectivity index (χ4n) is 1.78. The number of nitrogens with two attached hydrogens (primary N) is 1. The van der Waals surface area contributed by atoms with Crippen molar-refractivity contribution in [2.24, 2.45) is 5.73 Å². The maximum Gasteiger partial charge on any atom is 0.320 e. The Morgan fingerprint density at radius 3 is 2.60 bits per heavy atom. The molecule has 0 aliphatic carbocycles. The van der Waals surface area contributed by atoms with E-state index in [9.17, 15) is 0 Å². The van der Waals surface area contributed by atoms with Crippen molar-refractivity contribution in [1.82, 2.24) is 10.2 Å². The van der Waals surface area contributed by atoms with E-state index in [-0.39, 0.29) is 6.01 Å². The van der Waals surface area contributed by atoms with Crippen LogP contribution in [0.4, 0.5) is 11.7 Å². The maximum absolute atomic E-state index is 5.89. The van der Waals surface area contributed by atoms with Gasteiger partial charge in [0.05, 0.1) is 5.54 Å². The first kappa shape index (κ1) is 12.7. The van der Waals surface area contributed by atoms with Gasteiger partial charge >= 0.3 is 6.01 Å². The van der Waals surface area contributed by atoms with Gasteiger partial charge in [0.25, 0.3) is 0 Å². The van der Waals surface area contributed by atoms with Gasteiger partial charge in [-0.25, -0.2) is 0 Å². The Morgan fingerprint density at radius 2 is 1.90 bits per heavy atom. The van der Waals surface area contributed by atoms with Crippen LogP contribution < -0.4 is 20.5 Å². The van der Waals surface area contributed by atoms with Gasteiger partial charge in [-0.1, -0.05) is 5.10 Å². The molecule has 2 heterocycles. The molecule has 106 valence electrons. The number of ether oxygens (including phenoxy) is 2. The van der Waals surface area contributed by atoms with Gasteiger partial charge in [-0.05, 0) is 26.0 Å². The van der Waals surface area contributed by atoms with E-state index in [1.165, 1.54) is 0 Å². The molecule has 0 spiro atoms. The van der Waals surface area contributed by atoms with Crippen LogP contribution in [0.15, 0.2) is 22.6 Å². The standard InChI is InChI=1S/C13H16N4O3/c1-13(2,14)11-16-17-12(20-11)15-8-3-4-9-10(7-8)19-6-5-18-9/h3-4,7H,5-6,14H2,1-2H3,(H,15,17). The summed E-state index contributed by atoms with van der Waals surface area (Å²) < 4.78 is 16.4. The van der Waals surface area contributed by atoms with Crippen molar-refractivity contribution >= 4 is 11.7 Å². The van der Waals surface area contributed by atoms with Crippen LogP contribution >= 0.6 is 0 Å². The van der Waals surface area contributed by atoms with E-state index in [0.717, 1.165) is 11.4 Å². The SMILES string of the molecule is CC(C)(N)c1nnc(Nc2ccc3c(c2)OCCO3)o1. The maximum atomic E-state index is 5.89. The predicted octanol–water partition coefficient (Wildman–Crippen LogP) is 1.78. The third-order valence-electron chi connectivity index (χ3n) is 2.77. The zero-order valence-corrected chi connectivity index (χ0v) is 11.3. The lowest BCUT2D eigenvalue weighted by Gasteiger charge is -2.18. The summed E-state index contributed by atoms with van der Waals surface area (Å²) >= 11 is 0. The molecule has 0 unspecified atom stereocenters. The topological polar surface area (TPSA) is 95.4 Å². The highest BCUT2D eigenvalue weighted by atomic mass is 16.6. The molecule has 3 N–H and O–H groups in total. The Labute approximate surface area is 116 Å². The Hall–Kier alpha value is -2.28. The fraction of sp³-hybridized carbons (Fsp3) is 0.385. The summed E-state index contributed by atoms with van der Waals surface area (Å²) in [6.07, 6.45) is 0. The molecule has 0 fully saturated rings. The van der Waals surface area contributed by atoms with Crippen molar-refractivity contribution in [3.05, 3.63) is 24.1 Å². The summed E-state index contributed by atoms with van der Waals surface area (Å²) in [5.41, 5.74) is 6.00. The first-order valence-corrected chi connectivity index (χ1v) is 6.32. The Balaban J connectivity index is 1.79. The molecule has 2 aromatic rings. The van der Waals surface area contributed by atoms with Crippen molar-refractivity contribution < 1.29 is 13.9 Å². The molecule has 1 aliphatic heterocycles. The van der Waals surface area contributed by atoms with Crippen LogP contribution in [0.25, 0.3) is 0 Å². The summed E-state index contributed by atoms with van der Waals surface area (Å²) in [6.45, 7) is 4.71. The minimum Gasteiger partial charge on any atom is -0.486 e. The zero-order chi connectivity index (χ0) is 14.2. The second-order valence-electron chi connectivity index (χ2n) is 5.12. The van der Waals surface area contributed by atoms with Crippen molar-refractivity contribution in [3.63, 3.8) is 0 Å². The van der Waals surface area contributed by atoms with Crippen LogP contribution in [0.2, 0.25) is 0 Å². The van der Waals surface area contributed by atoms with Crippen LogP contribution in [0.3, 0.4) is 0 Å². The van der Waals surface area contributed by atoms with Gasteiger partial charge < -0.3 is 24.9 Å². The molecule has 0 bridgehead atoms. The van der Waals surface area contributed by atoms with Gasteiger partial charge in [0.1, 0.15) is 13.2 Å². The molecule has 1 aliphatic rings. The Kier molecular flexibility index (Phi) is 2.98. The molecule has 7 heteroatoms. The highest BCUT2D eigenvalue weighted by molar-refractivity contribution is 5.59. The van der Waals surface area contributed by atoms with Crippen LogP contribution in [0, 0.1) is 0 Å². The third-order valence-corrected chi connectivity index (χ3v) is 2.77. The summed E-state index contributed by atoms with van der Waals surface area (Å²) in [7, 11) is 0. The molecule has 20 heavy (non-hydrogen) atoms. The van der Waals surface area contributed by atoms with Gasteiger partial charge in [-0.15, -0.1) is 5.10 Å². The molecule has 0 saturated heterocycles. The number of nitrogens with zero attached hydrogens (tertiary/aromatic N) is 2. The molecule has 0 atom stereocenters. The van der Waals surface area contributed by atoms with Crippen LogP contribution in [-0.2, 0) is 5.54 Å². The van der Waals surface area contributed by atoms with Crippen molar-refractivity contribution in [2.75, 3.05) is 18.5 Å². The third kappa shape index (κ3) is 2.53. The van der Waals surface area contributed by atoms with Gasteiger partial charge in [0, 0.05) is 11.8 Å². The van der Waals surface area contributed by atoms with E-state index in [0.29, 0.717) is 24.9 Å². The molecule has 0 saturated carbocycles. The van der Waals surface area contributed by atoms with E-state index in [4.69, 9.17) is 19.6 Å². The quantitative estimate of drug-likeness (QED) is 0.882. The van der Waals surface area contributed by atoms with Gasteiger partial charge in [-0.2, -0.15) is 0 Å². The predicted molar refractivity (Wildman–Crippen MR) is 72.2 cm³/mol. The van der Waals surface area contributed by atoms with Crippen LogP contribution in [-0.4, -0.2) is 23.4 Å². The van der Waals surface area contributed by atoms with Gasteiger partial charge in [-0.3, -0.25) is 0 Å². The number of anilines is 2. The second-order valence-corrected chi connectivity index (χ2v) is 5.12. The Morgan fingerprint density at radius 1 is 1.15 bits per heavy atom. The average Bonchev–Trinajstić information content (AvgIpc) is 2.87. The number of fused-ring (bicyclic) bond motifs is 1. The van der Waals surface area contributed by atoms with E-state index in [1.807, 2.05) is 18.2 Å². The van der Waals surface area contributed by atoms with Gasteiger partial charge in [0.2, 0.25) is 5.89 Å². The minimum absolute atomic E-state index is 0.287. The number of benzene rings is 1. The van der Waals surface area contributed by atoms with E-state index in [2.05, 4.69) is 15.5 Å². The highest BCUT2D eigenvalue weighted by Crippen LogP contribution is 2.33. The van der Waals surface area contributed by atoms with Gasteiger partial charge in [0.15, 0.2) is 11.5 Å². The molecule has 0 amide bonds. The van der Waals surface area contributed by atoms with Crippen LogP contribution in [0.1, 0.15) is 19.7 Å². The smallest absolute Gasteiger partial charge is 0.320 e. The average molecular weight is 276 g/mol. The highest BCUT2D eigenvalue weighted by Gasteiger charge is 2.22. The number of hydrogen-bond acceptors (Lipinski definition) is 7. The fourth-order valence-corrected chi connectivity index (χ4v) is 1.78. The monoisotopic (exact) mass is 276 g/mol. The zero-order valence-electron chi connectivity index (χ0n) is 11.3. The largest absolute Gasteiger partial charge is 0.486 e. The molecule has 1 aromatic carbocycles. The Bertz CT molecular complexity index is 618. The first-order chi connectivity index (χ1) is 9.52. The number of aromatic nitrogens is 2. The summed E-state index contributed by atoms with van der Waals surface area (Å²) in [5, 5.41) is 10.8. The minimum atomic E-state index is -0.667. The lowest BCUT2D eigenvalue weighted by molar-refractivity contribution is 0.171. The molecular formula is C13H16N4O3. The molecule has 0 radical (unpaired) electrons.